The summed E-state index contributed by atoms with van der Waals surface area (Å²) in [6.45, 7) is 4.03. The standard InChI is InChI=1S/C19H21N5O2S/c1-13-21-18(26-23-13)10-24-8-2-3-15(9-24)19(25)22-16-6-4-14(5-7-16)17-11-27-12-20-17/h4-7,11-12,15H,2-3,8-10H2,1H3,(H,22,25)/t15-/m1/s1. The van der Waals surface area contributed by atoms with Gasteiger partial charge in [-0.2, -0.15) is 4.98 Å². The van der Waals surface area contributed by atoms with E-state index in [0.29, 0.717) is 24.8 Å². The number of benzene rings is 1. The SMILES string of the molecule is Cc1noc(CN2CCC[C@@H](C(=O)Nc3ccc(-c4cscn4)cc3)C2)n1. The molecule has 8 heteroatoms. The molecule has 0 saturated carbocycles. The van der Waals surface area contributed by atoms with Gasteiger partial charge >= 0.3 is 0 Å². The van der Waals surface area contributed by atoms with Gasteiger partial charge < -0.3 is 9.84 Å². The average molecular weight is 383 g/mol. The Bertz CT molecular complexity index is 891. The number of hydrogen-bond donors (Lipinski definition) is 1. The molecule has 0 aliphatic carbocycles. The van der Waals surface area contributed by atoms with Crippen LogP contribution in [0.4, 0.5) is 5.69 Å². The number of likely N-dealkylation sites (tertiary alicyclic amines) is 1. The fourth-order valence-corrected chi connectivity index (χ4v) is 3.89. The van der Waals surface area contributed by atoms with Crippen LogP contribution in [0.3, 0.4) is 0 Å². The summed E-state index contributed by atoms with van der Waals surface area (Å²) >= 11 is 1.57. The summed E-state index contributed by atoms with van der Waals surface area (Å²) in [5.41, 5.74) is 4.63. The fraction of sp³-hybridized carbons (Fsp3) is 0.368. The van der Waals surface area contributed by atoms with E-state index in [2.05, 4.69) is 25.3 Å². The van der Waals surface area contributed by atoms with Crippen molar-refractivity contribution in [3.8, 4) is 11.3 Å². The van der Waals surface area contributed by atoms with E-state index >= 15 is 0 Å². The number of nitrogens with one attached hydrogen (secondary N) is 1. The van der Waals surface area contributed by atoms with Gasteiger partial charge in [0.25, 0.3) is 0 Å². The summed E-state index contributed by atoms with van der Waals surface area (Å²) in [6, 6.07) is 7.81. The maximum absolute atomic E-state index is 12.7. The van der Waals surface area contributed by atoms with E-state index in [4.69, 9.17) is 4.52 Å². The Morgan fingerprint density at radius 2 is 2.22 bits per heavy atom. The highest BCUT2D eigenvalue weighted by molar-refractivity contribution is 7.07. The molecule has 1 amide bonds. The van der Waals surface area contributed by atoms with Crippen molar-refractivity contribution in [2.24, 2.45) is 5.92 Å². The first-order valence-electron chi connectivity index (χ1n) is 8.98. The summed E-state index contributed by atoms with van der Waals surface area (Å²) in [5.74, 6) is 1.26. The van der Waals surface area contributed by atoms with Gasteiger partial charge in [0.2, 0.25) is 11.8 Å². The molecule has 0 bridgehead atoms. The lowest BCUT2D eigenvalue weighted by Gasteiger charge is -2.30. The van der Waals surface area contributed by atoms with Crippen LogP contribution in [0.15, 0.2) is 39.7 Å². The number of nitrogens with zero attached hydrogens (tertiary/aromatic N) is 4. The van der Waals surface area contributed by atoms with Crippen molar-refractivity contribution in [3.05, 3.63) is 46.9 Å². The fourth-order valence-electron chi connectivity index (χ4n) is 3.33. The third-order valence-electron chi connectivity index (χ3n) is 4.69. The molecular formula is C19H21N5O2S. The molecule has 3 heterocycles. The first kappa shape index (κ1) is 17.8. The summed E-state index contributed by atoms with van der Waals surface area (Å²) < 4.78 is 5.19. The number of anilines is 1. The minimum absolute atomic E-state index is 0.0408. The van der Waals surface area contributed by atoms with Crippen LogP contribution in [-0.4, -0.2) is 39.0 Å². The lowest BCUT2D eigenvalue weighted by molar-refractivity contribution is -0.121. The van der Waals surface area contributed by atoms with Gasteiger partial charge in [-0.25, -0.2) is 4.98 Å². The molecule has 0 spiro atoms. The van der Waals surface area contributed by atoms with Crippen molar-refractivity contribution in [3.63, 3.8) is 0 Å². The third-order valence-corrected chi connectivity index (χ3v) is 5.27. The molecule has 1 fully saturated rings. The number of thiazole rings is 1. The number of piperidine rings is 1. The largest absolute Gasteiger partial charge is 0.338 e. The van der Waals surface area contributed by atoms with Crippen molar-refractivity contribution in [1.82, 2.24) is 20.0 Å². The number of rotatable bonds is 5. The number of carbonyl (C=O) groups excluding carboxylic acids is 1. The first-order chi connectivity index (χ1) is 13.2. The summed E-state index contributed by atoms with van der Waals surface area (Å²) in [7, 11) is 0. The van der Waals surface area contributed by atoms with Crippen LogP contribution in [0.25, 0.3) is 11.3 Å². The number of aryl methyl sites for hydroxylation is 1. The van der Waals surface area contributed by atoms with Gasteiger partial charge in [-0.05, 0) is 38.4 Å². The monoisotopic (exact) mass is 383 g/mol. The first-order valence-corrected chi connectivity index (χ1v) is 9.93. The van der Waals surface area contributed by atoms with Gasteiger partial charge in [0.1, 0.15) is 0 Å². The molecule has 4 rings (SSSR count). The minimum Gasteiger partial charge on any atom is -0.338 e. The summed E-state index contributed by atoms with van der Waals surface area (Å²) in [5, 5.41) is 8.87. The highest BCUT2D eigenvalue weighted by atomic mass is 32.1. The van der Waals surface area contributed by atoms with E-state index in [9.17, 15) is 4.79 Å². The van der Waals surface area contributed by atoms with Gasteiger partial charge in [0.15, 0.2) is 5.82 Å². The van der Waals surface area contributed by atoms with Crippen LogP contribution in [-0.2, 0) is 11.3 Å². The molecule has 1 atom stereocenters. The van der Waals surface area contributed by atoms with E-state index < -0.39 is 0 Å². The number of aromatic nitrogens is 3. The molecule has 1 aliphatic rings. The van der Waals surface area contributed by atoms with Crippen LogP contribution >= 0.6 is 11.3 Å². The van der Waals surface area contributed by atoms with Crippen molar-refractivity contribution in [2.45, 2.75) is 26.3 Å². The molecule has 1 N–H and O–H groups in total. The highest BCUT2D eigenvalue weighted by Gasteiger charge is 2.26. The van der Waals surface area contributed by atoms with Crippen LogP contribution in [0.2, 0.25) is 0 Å². The van der Waals surface area contributed by atoms with E-state index in [1.165, 1.54) is 0 Å². The van der Waals surface area contributed by atoms with E-state index in [1.807, 2.05) is 35.2 Å². The van der Waals surface area contributed by atoms with Gasteiger partial charge in [-0.3, -0.25) is 9.69 Å². The molecule has 1 saturated heterocycles. The summed E-state index contributed by atoms with van der Waals surface area (Å²) in [6.07, 6.45) is 1.87. The smallest absolute Gasteiger partial charge is 0.240 e. The van der Waals surface area contributed by atoms with E-state index in [0.717, 1.165) is 36.3 Å². The highest BCUT2D eigenvalue weighted by Crippen LogP contribution is 2.23. The Morgan fingerprint density at radius 3 is 2.93 bits per heavy atom. The van der Waals surface area contributed by atoms with Crippen molar-refractivity contribution in [1.29, 1.82) is 0 Å². The molecule has 140 valence electrons. The quantitative estimate of drug-likeness (QED) is 0.727. The zero-order valence-electron chi connectivity index (χ0n) is 15.1. The zero-order valence-corrected chi connectivity index (χ0v) is 15.9. The topological polar surface area (TPSA) is 84.2 Å². The normalized spacial score (nSPS) is 17.7. The van der Waals surface area contributed by atoms with Gasteiger partial charge in [0.05, 0.1) is 23.7 Å². The van der Waals surface area contributed by atoms with Gasteiger partial charge in [-0.1, -0.05) is 17.3 Å². The number of hydrogen-bond acceptors (Lipinski definition) is 7. The predicted molar refractivity (Wildman–Crippen MR) is 103 cm³/mol. The van der Waals surface area contributed by atoms with Crippen LogP contribution < -0.4 is 5.32 Å². The summed E-state index contributed by atoms with van der Waals surface area (Å²) in [4.78, 5) is 23.4. The molecular weight excluding hydrogens is 362 g/mol. The maximum atomic E-state index is 12.7. The molecule has 2 aromatic heterocycles. The van der Waals surface area contributed by atoms with Crippen LogP contribution in [0.5, 0.6) is 0 Å². The second-order valence-corrected chi connectivity index (χ2v) is 7.47. The molecule has 1 aliphatic heterocycles. The van der Waals surface area contributed by atoms with Crippen molar-refractivity contribution in [2.75, 3.05) is 18.4 Å². The minimum atomic E-state index is -0.0408. The molecule has 3 aromatic rings. The number of carbonyl (C=O) groups is 1. The zero-order chi connectivity index (χ0) is 18.6. The molecule has 7 nitrogen and oxygen atoms in total. The third kappa shape index (κ3) is 4.40. The molecule has 1 aromatic carbocycles. The van der Waals surface area contributed by atoms with Crippen molar-refractivity contribution >= 4 is 22.9 Å². The Labute approximate surface area is 161 Å². The second-order valence-electron chi connectivity index (χ2n) is 6.75. The Hall–Kier alpha value is -2.58. The van der Waals surface area contributed by atoms with Crippen LogP contribution in [0, 0.1) is 12.8 Å². The Balaban J connectivity index is 1.34. The lowest BCUT2D eigenvalue weighted by Crippen LogP contribution is -2.40. The van der Waals surface area contributed by atoms with E-state index in [-0.39, 0.29) is 11.8 Å². The maximum Gasteiger partial charge on any atom is 0.240 e. The predicted octanol–water partition coefficient (Wildman–Crippen LogP) is 3.35. The second kappa shape index (κ2) is 7.98. The lowest BCUT2D eigenvalue weighted by atomic mass is 9.97. The Kier molecular flexibility index (Phi) is 5.26. The Morgan fingerprint density at radius 1 is 1.37 bits per heavy atom. The van der Waals surface area contributed by atoms with Gasteiger partial charge in [-0.15, -0.1) is 11.3 Å². The van der Waals surface area contributed by atoms with Crippen LogP contribution in [0.1, 0.15) is 24.6 Å². The molecule has 0 radical (unpaired) electrons. The van der Waals surface area contributed by atoms with Crippen molar-refractivity contribution < 1.29 is 9.32 Å². The van der Waals surface area contributed by atoms with E-state index in [1.54, 1.807) is 18.3 Å². The van der Waals surface area contributed by atoms with Gasteiger partial charge in [0, 0.05) is 23.2 Å². The number of amides is 1. The average Bonchev–Trinajstić information content (AvgIpc) is 3.35. The molecule has 0 unspecified atom stereocenters. The molecule has 27 heavy (non-hydrogen) atoms.